The molecular weight excluding hydrogens is 390 g/mol. The number of amides is 1. The summed E-state index contributed by atoms with van der Waals surface area (Å²) in [5, 5.41) is 13.7. The van der Waals surface area contributed by atoms with Crippen LogP contribution in [0.2, 0.25) is 5.02 Å². The molecule has 29 heavy (non-hydrogen) atoms. The molecule has 0 aliphatic heterocycles. The highest BCUT2D eigenvalue weighted by atomic mass is 35.5. The fraction of sp³-hybridized carbons (Fsp3) is 0.300. The molecule has 0 unspecified atom stereocenters. The Hall–Kier alpha value is -3.13. The third-order valence-electron chi connectivity index (χ3n) is 4.03. The molecule has 9 heteroatoms. The molecular formula is C20H24ClN7O. The molecule has 0 spiro atoms. The molecule has 2 heterocycles. The van der Waals surface area contributed by atoms with Gasteiger partial charge in [0.1, 0.15) is 5.02 Å². The van der Waals surface area contributed by atoms with Gasteiger partial charge >= 0.3 is 0 Å². The summed E-state index contributed by atoms with van der Waals surface area (Å²) < 4.78 is 1.68. The third kappa shape index (κ3) is 5.68. The first-order valence-electron chi connectivity index (χ1n) is 9.13. The number of benzene rings is 1. The molecule has 0 saturated carbocycles. The molecule has 0 aliphatic rings. The highest BCUT2D eigenvalue weighted by Crippen LogP contribution is 2.23. The molecule has 0 radical (unpaired) electrons. The van der Waals surface area contributed by atoms with Crippen LogP contribution in [0.4, 0.5) is 23.1 Å². The summed E-state index contributed by atoms with van der Waals surface area (Å²) in [7, 11) is 1.83. The maximum atomic E-state index is 12.2. The highest BCUT2D eigenvalue weighted by molar-refractivity contribution is 6.32. The summed E-state index contributed by atoms with van der Waals surface area (Å²) >= 11 is 6.23. The Morgan fingerprint density at radius 1 is 1.21 bits per heavy atom. The highest BCUT2D eigenvalue weighted by Gasteiger charge is 2.21. The van der Waals surface area contributed by atoms with Crippen molar-refractivity contribution in [2.24, 2.45) is 12.5 Å². The molecule has 0 aliphatic carbocycles. The van der Waals surface area contributed by atoms with E-state index < -0.39 is 5.41 Å². The molecule has 3 aromatic rings. The van der Waals surface area contributed by atoms with Crippen LogP contribution < -0.4 is 16.0 Å². The van der Waals surface area contributed by atoms with E-state index in [0.29, 0.717) is 23.3 Å². The SMILES string of the molecule is Cn1cc(Nc2ncc(Cl)c(NCc3cccc(NC(=O)C(C)(C)C)c3)n2)cn1. The second kappa shape index (κ2) is 8.48. The zero-order valence-corrected chi connectivity index (χ0v) is 17.6. The van der Waals surface area contributed by atoms with E-state index in [1.165, 1.54) is 6.20 Å². The van der Waals surface area contributed by atoms with Gasteiger partial charge < -0.3 is 16.0 Å². The average Bonchev–Trinajstić information content (AvgIpc) is 3.06. The van der Waals surface area contributed by atoms with E-state index in [-0.39, 0.29) is 5.91 Å². The van der Waals surface area contributed by atoms with Gasteiger partial charge in [0.2, 0.25) is 11.9 Å². The van der Waals surface area contributed by atoms with Gasteiger partial charge in [-0.25, -0.2) is 4.98 Å². The van der Waals surface area contributed by atoms with E-state index in [9.17, 15) is 4.79 Å². The molecule has 0 fully saturated rings. The minimum atomic E-state index is -0.458. The summed E-state index contributed by atoms with van der Waals surface area (Å²) in [6, 6.07) is 7.64. The second-order valence-electron chi connectivity index (χ2n) is 7.68. The minimum absolute atomic E-state index is 0.0347. The summed E-state index contributed by atoms with van der Waals surface area (Å²) in [5.74, 6) is 0.890. The normalized spacial score (nSPS) is 11.2. The predicted molar refractivity (Wildman–Crippen MR) is 115 cm³/mol. The van der Waals surface area contributed by atoms with Crippen molar-refractivity contribution in [1.82, 2.24) is 19.7 Å². The third-order valence-corrected chi connectivity index (χ3v) is 4.31. The van der Waals surface area contributed by atoms with Crippen LogP contribution in [0.3, 0.4) is 0 Å². The van der Waals surface area contributed by atoms with Crippen molar-refractivity contribution in [2.75, 3.05) is 16.0 Å². The maximum absolute atomic E-state index is 12.2. The van der Waals surface area contributed by atoms with E-state index in [2.05, 4.69) is 31.0 Å². The van der Waals surface area contributed by atoms with Gasteiger partial charge in [-0.15, -0.1) is 0 Å². The van der Waals surface area contributed by atoms with Gasteiger partial charge in [0.05, 0.1) is 18.1 Å². The topological polar surface area (TPSA) is 96.8 Å². The van der Waals surface area contributed by atoms with E-state index in [4.69, 9.17) is 11.6 Å². The van der Waals surface area contributed by atoms with Crippen molar-refractivity contribution in [3.8, 4) is 0 Å². The Morgan fingerprint density at radius 2 is 2.00 bits per heavy atom. The van der Waals surface area contributed by atoms with Crippen LogP contribution in [-0.4, -0.2) is 25.7 Å². The van der Waals surface area contributed by atoms with Gasteiger partial charge in [0.25, 0.3) is 0 Å². The zero-order valence-electron chi connectivity index (χ0n) is 16.8. The van der Waals surface area contributed by atoms with E-state index in [0.717, 1.165) is 16.9 Å². The van der Waals surface area contributed by atoms with Crippen molar-refractivity contribution in [3.63, 3.8) is 0 Å². The molecule has 152 valence electrons. The minimum Gasteiger partial charge on any atom is -0.365 e. The summed E-state index contributed by atoms with van der Waals surface area (Å²) in [6.45, 7) is 6.12. The molecule has 0 saturated heterocycles. The number of aryl methyl sites for hydroxylation is 1. The van der Waals surface area contributed by atoms with Crippen molar-refractivity contribution in [1.29, 1.82) is 0 Å². The van der Waals surface area contributed by atoms with Crippen LogP contribution in [0.1, 0.15) is 26.3 Å². The van der Waals surface area contributed by atoms with Gasteiger partial charge in [0.15, 0.2) is 5.82 Å². The smallest absolute Gasteiger partial charge is 0.229 e. The van der Waals surface area contributed by atoms with Crippen molar-refractivity contribution in [3.05, 3.63) is 53.4 Å². The van der Waals surface area contributed by atoms with Crippen molar-refractivity contribution in [2.45, 2.75) is 27.3 Å². The van der Waals surface area contributed by atoms with Crippen LogP contribution in [0.15, 0.2) is 42.9 Å². The lowest BCUT2D eigenvalue weighted by atomic mass is 9.95. The van der Waals surface area contributed by atoms with Gasteiger partial charge in [0, 0.05) is 30.9 Å². The molecule has 1 aromatic carbocycles. The van der Waals surface area contributed by atoms with Crippen molar-refractivity contribution < 1.29 is 4.79 Å². The number of rotatable bonds is 6. The first-order valence-corrected chi connectivity index (χ1v) is 9.51. The summed E-state index contributed by atoms with van der Waals surface area (Å²) in [6.07, 6.45) is 5.04. The number of carbonyl (C=O) groups excluding carboxylic acids is 1. The number of nitrogens with zero attached hydrogens (tertiary/aromatic N) is 4. The standard InChI is InChI=1S/C20H24ClN7O/c1-20(2,3)18(29)25-14-7-5-6-13(8-14)9-22-17-16(21)11-23-19(27-17)26-15-10-24-28(4)12-15/h5-8,10-12H,9H2,1-4H3,(H,25,29)(H2,22,23,26,27). The predicted octanol–water partition coefficient (Wildman–Crippen LogP) is 4.20. The maximum Gasteiger partial charge on any atom is 0.229 e. The Kier molecular flexibility index (Phi) is 6.03. The van der Waals surface area contributed by atoms with E-state index in [1.54, 1.807) is 10.9 Å². The first kappa shape index (κ1) is 20.6. The second-order valence-corrected chi connectivity index (χ2v) is 8.08. The number of carbonyl (C=O) groups is 1. The monoisotopic (exact) mass is 413 g/mol. The number of aromatic nitrogens is 4. The Bertz CT molecular complexity index is 1010. The van der Waals surface area contributed by atoms with Crippen LogP contribution in [0.25, 0.3) is 0 Å². The fourth-order valence-electron chi connectivity index (χ4n) is 2.43. The van der Waals surface area contributed by atoms with Gasteiger partial charge in [-0.2, -0.15) is 10.1 Å². The number of hydrogen-bond acceptors (Lipinski definition) is 6. The number of halogens is 1. The average molecular weight is 414 g/mol. The largest absolute Gasteiger partial charge is 0.365 e. The first-order chi connectivity index (χ1) is 13.7. The summed E-state index contributed by atoms with van der Waals surface area (Å²) in [5.41, 5.74) is 2.05. The Labute approximate surface area is 174 Å². The van der Waals surface area contributed by atoms with Crippen LogP contribution in [0, 0.1) is 5.41 Å². The molecule has 0 atom stereocenters. The van der Waals surface area contributed by atoms with Crippen LogP contribution >= 0.6 is 11.6 Å². The zero-order chi connectivity index (χ0) is 21.0. The Balaban J connectivity index is 1.67. The van der Waals surface area contributed by atoms with E-state index in [1.807, 2.05) is 58.3 Å². The Morgan fingerprint density at radius 3 is 2.69 bits per heavy atom. The van der Waals surface area contributed by atoms with Gasteiger partial charge in [-0.05, 0) is 17.7 Å². The fourth-order valence-corrected chi connectivity index (χ4v) is 2.59. The lowest BCUT2D eigenvalue weighted by molar-refractivity contribution is -0.123. The van der Waals surface area contributed by atoms with E-state index >= 15 is 0 Å². The molecule has 1 amide bonds. The molecule has 0 bridgehead atoms. The van der Waals surface area contributed by atoms with Crippen LogP contribution in [0.5, 0.6) is 0 Å². The summed E-state index contributed by atoms with van der Waals surface area (Å²) in [4.78, 5) is 20.8. The van der Waals surface area contributed by atoms with Crippen LogP contribution in [-0.2, 0) is 18.4 Å². The number of nitrogens with one attached hydrogen (secondary N) is 3. The lowest BCUT2D eigenvalue weighted by Gasteiger charge is -2.18. The molecule has 3 rings (SSSR count). The molecule has 2 aromatic heterocycles. The van der Waals surface area contributed by atoms with Gasteiger partial charge in [-0.3, -0.25) is 9.48 Å². The van der Waals surface area contributed by atoms with Gasteiger partial charge in [-0.1, -0.05) is 44.5 Å². The quantitative estimate of drug-likeness (QED) is 0.560. The number of anilines is 4. The number of hydrogen-bond donors (Lipinski definition) is 3. The lowest BCUT2D eigenvalue weighted by Crippen LogP contribution is -2.27. The van der Waals surface area contributed by atoms with Crippen molar-refractivity contribution >= 4 is 40.6 Å². The molecule has 3 N–H and O–H groups in total. The molecule has 8 nitrogen and oxygen atoms in total.